The summed E-state index contributed by atoms with van der Waals surface area (Å²) in [6, 6.07) is 4.21. The van der Waals surface area contributed by atoms with Gasteiger partial charge in [0.15, 0.2) is 0 Å². The van der Waals surface area contributed by atoms with E-state index in [1.165, 1.54) is 5.56 Å². The molecule has 0 bridgehead atoms. The molecule has 3 heteroatoms. The molecule has 0 aliphatic carbocycles. The highest BCUT2D eigenvalue weighted by Gasteiger charge is 2.03. The molecular formula is C10H16N2O. The van der Waals surface area contributed by atoms with Gasteiger partial charge in [-0.15, -0.1) is 0 Å². The molecule has 0 aliphatic heterocycles. The summed E-state index contributed by atoms with van der Waals surface area (Å²) >= 11 is 0. The standard InChI is InChI=1S/C10H16N2O/c1-11-10(8-13)3-2-9-4-6-12-7-5-9/h4-7,10-11,13H,2-3,8H2,1H3. The van der Waals surface area contributed by atoms with Crippen molar-refractivity contribution in [2.75, 3.05) is 13.7 Å². The molecule has 1 heterocycles. The van der Waals surface area contributed by atoms with Crippen molar-refractivity contribution < 1.29 is 5.11 Å². The van der Waals surface area contributed by atoms with Crippen LogP contribution in [0.1, 0.15) is 12.0 Å². The number of hydrogen-bond donors (Lipinski definition) is 2. The van der Waals surface area contributed by atoms with Crippen molar-refractivity contribution in [3.8, 4) is 0 Å². The number of rotatable bonds is 5. The van der Waals surface area contributed by atoms with Crippen LogP contribution in [0.25, 0.3) is 0 Å². The number of hydrogen-bond acceptors (Lipinski definition) is 3. The Balaban J connectivity index is 2.34. The van der Waals surface area contributed by atoms with Crippen molar-refractivity contribution in [3.05, 3.63) is 30.1 Å². The second-order valence-corrected chi connectivity index (χ2v) is 3.06. The van der Waals surface area contributed by atoms with Crippen molar-refractivity contribution in [1.82, 2.24) is 10.3 Å². The van der Waals surface area contributed by atoms with Crippen LogP contribution in [-0.2, 0) is 6.42 Å². The highest BCUT2D eigenvalue weighted by molar-refractivity contribution is 5.09. The molecule has 3 nitrogen and oxygen atoms in total. The number of aryl methyl sites for hydroxylation is 1. The number of aliphatic hydroxyl groups is 1. The number of nitrogens with one attached hydrogen (secondary N) is 1. The molecule has 1 aromatic heterocycles. The lowest BCUT2D eigenvalue weighted by molar-refractivity contribution is 0.242. The lowest BCUT2D eigenvalue weighted by Gasteiger charge is -2.12. The highest BCUT2D eigenvalue weighted by atomic mass is 16.3. The Morgan fingerprint density at radius 3 is 2.69 bits per heavy atom. The van der Waals surface area contributed by atoms with E-state index >= 15 is 0 Å². The van der Waals surface area contributed by atoms with Crippen LogP contribution >= 0.6 is 0 Å². The van der Waals surface area contributed by atoms with Gasteiger partial charge < -0.3 is 10.4 Å². The van der Waals surface area contributed by atoms with Gasteiger partial charge in [0.05, 0.1) is 6.61 Å². The van der Waals surface area contributed by atoms with E-state index in [2.05, 4.69) is 10.3 Å². The van der Waals surface area contributed by atoms with Crippen LogP contribution < -0.4 is 5.32 Å². The zero-order valence-corrected chi connectivity index (χ0v) is 7.90. The largest absolute Gasteiger partial charge is 0.395 e. The second-order valence-electron chi connectivity index (χ2n) is 3.06. The molecule has 0 radical (unpaired) electrons. The lowest BCUT2D eigenvalue weighted by atomic mass is 10.1. The molecule has 0 saturated heterocycles. The van der Waals surface area contributed by atoms with Crippen LogP contribution in [0.4, 0.5) is 0 Å². The molecular weight excluding hydrogens is 164 g/mol. The molecule has 2 N–H and O–H groups in total. The average molecular weight is 180 g/mol. The van der Waals surface area contributed by atoms with Crippen molar-refractivity contribution in [3.63, 3.8) is 0 Å². The summed E-state index contributed by atoms with van der Waals surface area (Å²) < 4.78 is 0. The van der Waals surface area contributed by atoms with Crippen molar-refractivity contribution in [1.29, 1.82) is 0 Å². The lowest BCUT2D eigenvalue weighted by Crippen LogP contribution is -2.29. The number of pyridine rings is 1. The van der Waals surface area contributed by atoms with Gasteiger partial charge in [0.2, 0.25) is 0 Å². The molecule has 0 spiro atoms. The zero-order valence-electron chi connectivity index (χ0n) is 7.90. The number of aromatic nitrogens is 1. The van der Waals surface area contributed by atoms with E-state index in [1.807, 2.05) is 19.2 Å². The Kier molecular flexibility index (Phi) is 4.43. The molecule has 1 rings (SSSR count). The van der Waals surface area contributed by atoms with Gasteiger partial charge in [-0.05, 0) is 37.6 Å². The van der Waals surface area contributed by atoms with Gasteiger partial charge in [0, 0.05) is 18.4 Å². The summed E-state index contributed by atoms with van der Waals surface area (Å²) in [5, 5.41) is 12.0. The summed E-state index contributed by atoms with van der Waals surface area (Å²) in [6.07, 6.45) is 5.52. The summed E-state index contributed by atoms with van der Waals surface area (Å²) in [4.78, 5) is 3.95. The Labute approximate surface area is 78.8 Å². The first-order chi connectivity index (χ1) is 6.36. The predicted molar refractivity (Wildman–Crippen MR) is 52.5 cm³/mol. The maximum Gasteiger partial charge on any atom is 0.0584 e. The van der Waals surface area contributed by atoms with E-state index in [1.54, 1.807) is 12.4 Å². The molecule has 0 saturated carbocycles. The quantitative estimate of drug-likeness (QED) is 0.697. The SMILES string of the molecule is CNC(CO)CCc1ccncc1. The highest BCUT2D eigenvalue weighted by Crippen LogP contribution is 2.03. The minimum Gasteiger partial charge on any atom is -0.395 e. The molecule has 72 valence electrons. The Bertz CT molecular complexity index is 222. The van der Waals surface area contributed by atoms with Crippen LogP contribution in [0.2, 0.25) is 0 Å². The van der Waals surface area contributed by atoms with Gasteiger partial charge in [-0.1, -0.05) is 0 Å². The van der Waals surface area contributed by atoms with E-state index < -0.39 is 0 Å². The molecule has 1 aromatic rings. The molecule has 1 atom stereocenters. The van der Waals surface area contributed by atoms with Crippen molar-refractivity contribution >= 4 is 0 Å². The Morgan fingerprint density at radius 2 is 2.15 bits per heavy atom. The first-order valence-electron chi connectivity index (χ1n) is 4.54. The van der Waals surface area contributed by atoms with E-state index in [0.29, 0.717) is 0 Å². The normalized spacial score (nSPS) is 12.8. The molecule has 0 fully saturated rings. The number of nitrogens with zero attached hydrogens (tertiary/aromatic N) is 1. The first kappa shape index (κ1) is 10.2. The smallest absolute Gasteiger partial charge is 0.0584 e. The maximum atomic E-state index is 8.93. The number of likely N-dealkylation sites (N-methyl/N-ethyl adjacent to an activating group) is 1. The molecule has 0 aromatic carbocycles. The molecule has 1 unspecified atom stereocenters. The van der Waals surface area contributed by atoms with Gasteiger partial charge >= 0.3 is 0 Å². The average Bonchev–Trinajstić information content (AvgIpc) is 2.21. The van der Waals surface area contributed by atoms with Crippen LogP contribution in [-0.4, -0.2) is 29.8 Å². The third-order valence-corrected chi connectivity index (χ3v) is 2.16. The summed E-state index contributed by atoms with van der Waals surface area (Å²) in [6.45, 7) is 0.196. The summed E-state index contributed by atoms with van der Waals surface area (Å²) in [5.74, 6) is 0. The third kappa shape index (κ3) is 3.53. The fraction of sp³-hybridized carbons (Fsp3) is 0.500. The van der Waals surface area contributed by atoms with E-state index in [-0.39, 0.29) is 12.6 Å². The van der Waals surface area contributed by atoms with Crippen molar-refractivity contribution in [2.45, 2.75) is 18.9 Å². The van der Waals surface area contributed by atoms with Gasteiger partial charge in [0.25, 0.3) is 0 Å². The zero-order chi connectivity index (χ0) is 9.52. The van der Waals surface area contributed by atoms with E-state index in [0.717, 1.165) is 12.8 Å². The minimum absolute atomic E-state index is 0.196. The third-order valence-electron chi connectivity index (χ3n) is 2.16. The monoisotopic (exact) mass is 180 g/mol. The van der Waals surface area contributed by atoms with E-state index in [4.69, 9.17) is 5.11 Å². The Hall–Kier alpha value is -0.930. The first-order valence-corrected chi connectivity index (χ1v) is 4.54. The van der Waals surface area contributed by atoms with Crippen LogP contribution in [0.3, 0.4) is 0 Å². The topological polar surface area (TPSA) is 45.1 Å². The fourth-order valence-electron chi connectivity index (χ4n) is 1.22. The van der Waals surface area contributed by atoms with Gasteiger partial charge in [-0.2, -0.15) is 0 Å². The maximum absolute atomic E-state index is 8.93. The Morgan fingerprint density at radius 1 is 1.46 bits per heavy atom. The van der Waals surface area contributed by atoms with Crippen LogP contribution in [0, 0.1) is 0 Å². The fourth-order valence-corrected chi connectivity index (χ4v) is 1.22. The summed E-state index contributed by atoms with van der Waals surface area (Å²) in [5.41, 5.74) is 1.27. The van der Waals surface area contributed by atoms with E-state index in [9.17, 15) is 0 Å². The molecule has 0 amide bonds. The predicted octanol–water partition coefficient (Wildman–Crippen LogP) is 0.594. The van der Waals surface area contributed by atoms with Crippen LogP contribution in [0.5, 0.6) is 0 Å². The summed E-state index contributed by atoms with van der Waals surface area (Å²) in [7, 11) is 1.87. The number of aliphatic hydroxyl groups excluding tert-OH is 1. The van der Waals surface area contributed by atoms with Crippen LogP contribution in [0.15, 0.2) is 24.5 Å². The van der Waals surface area contributed by atoms with Crippen molar-refractivity contribution in [2.24, 2.45) is 0 Å². The van der Waals surface area contributed by atoms with Gasteiger partial charge in [0.1, 0.15) is 0 Å². The van der Waals surface area contributed by atoms with Gasteiger partial charge in [-0.3, -0.25) is 4.98 Å². The van der Waals surface area contributed by atoms with Gasteiger partial charge in [-0.25, -0.2) is 0 Å². The second kappa shape index (κ2) is 5.67. The minimum atomic E-state index is 0.196. The molecule has 13 heavy (non-hydrogen) atoms. The molecule has 0 aliphatic rings.